The number of nitrogen functional groups attached to an aromatic ring is 3. The highest BCUT2D eigenvalue weighted by molar-refractivity contribution is 5.89. The highest BCUT2D eigenvalue weighted by Crippen LogP contribution is 2.31. The molecule has 9 heterocycles. The Morgan fingerprint density at radius 1 is 0.640 bits per heavy atom. The van der Waals surface area contributed by atoms with E-state index in [0.29, 0.717) is 100 Å². The fraction of sp³-hybridized carbons (Fsp3) is 0.260. The molecular formula is C50H50F4N18O3. The molecule has 0 atom stereocenters. The maximum absolute atomic E-state index is 15.2. The number of unbranched alkanes of at least 4 members (excludes halogenated alkanes) is 1. The Bertz CT molecular complexity index is 3630. The van der Waals surface area contributed by atoms with Crippen LogP contribution in [0.4, 0.5) is 52.9 Å². The fourth-order valence-electron chi connectivity index (χ4n) is 8.76. The summed E-state index contributed by atoms with van der Waals surface area (Å²) in [6, 6.07) is 20.2. The van der Waals surface area contributed by atoms with Crippen LogP contribution >= 0.6 is 0 Å². The number of nitrogens with one attached hydrogen (secondary N) is 3. The summed E-state index contributed by atoms with van der Waals surface area (Å²) in [5, 5.41) is 14.0. The van der Waals surface area contributed by atoms with E-state index < -0.39 is 12.2 Å². The number of nitrogens with two attached hydrogens (primary N) is 3. The lowest BCUT2D eigenvalue weighted by molar-refractivity contribution is -0.274. The molecule has 0 bridgehead atoms. The minimum atomic E-state index is -4.83. The number of para-hydroxylation sites is 1. The largest absolute Gasteiger partial charge is 0.573 e. The van der Waals surface area contributed by atoms with Crippen LogP contribution in [0.5, 0.6) is 5.75 Å². The van der Waals surface area contributed by atoms with Gasteiger partial charge in [-0.3, -0.25) is 9.97 Å². The van der Waals surface area contributed by atoms with Gasteiger partial charge in [0.1, 0.15) is 39.6 Å². The van der Waals surface area contributed by atoms with Crippen LogP contribution in [0.1, 0.15) is 52.5 Å². The number of alkyl halides is 3. The van der Waals surface area contributed by atoms with Gasteiger partial charge in [0, 0.05) is 61.7 Å². The van der Waals surface area contributed by atoms with Gasteiger partial charge in [0.25, 0.3) is 0 Å². The number of ether oxygens (including phenoxy) is 2. The summed E-state index contributed by atoms with van der Waals surface area (Å²) in [5.74, 6) is 1.68. The third-order valence-electron chi connectivity index (χ3n) is 12.0. The van der Waals surface area contributed by atoms with E-state index in [1.165, 1.54) is 18.2 Å². The summed E-state index contributed by atoms with van der Waals surface area (Å²) >= 11 is 0. The number of aromatic nitrogens is 12. The standard InChI is InChI=1S/C50H50F4N18O3/c1-29-22-34(69-75-29)24-61-46-43-38(65-49(57)68-46)14-20-72(43)27-39-35(51)10-9-33(62-39)28-73-21-17-60-45-41-36(63-48(56)67-45)12-18-70(41)25-30-11-16-58-32(23-30)7-4-5-15-59-44-42-37(64-47(55)66-44)13-19-71(42)26-31-6-2-3-8-40(31)74-50(52,53)54/h2-3,6,8-14,16,18-20,22-23H,4-5,7,15,17,21,24-28H2,1H3,(H3,55,59,64,66)(H3,56,60,63,67)(H3,57,61,65,68). The number of hydrogen-bond donors (Lipinski definition) is 6. The Morgan fingerprint density at radius 3 is 1.92 bits per heavy atom. The smallest absolute Gasteiger partial charge is 0.405 e. The quantitative estimate of drug-likeness (QED) is 0.0281. The molecule has 10 rings (SSSR count). The van der Waals surface area contributed by atoms with Crippen LogP contribution in [0.25, 0.3) is 33.1 Å². The van der Waals surface area contributed by atoms with Crippen molar-refractivity contribution in [1.29, 1.82) is 0 Å². The first-order chi connectivity index (χ1) is 36.3. The van der Waals surface area contributed by atoms with Crippen molar-refractivity contribution in [2.24, 2.45) is 0 Å². The van der Waals surface area contributed by atoms with Crippen molar-refractivity contribution in [3.8, 4) is 5.75 Å². The molecule has 0 radical (unpaired) electrons. The number of pyridine rings is 2. The molecule has 25 heteroatoms. The molecule has 0 saturated carbocycles. The van der Waals surface area contributed by atoms with E-state index in [4.69, 9.17) is 26.5 Å². The monoisotopic (exact) mass is 1030 g/mol. The first kappa shape index (κ1) is 49.4. The van der Waals surface area contributed by atoms with E-state index in [-0.39, 0.29) is 55.6 Å². The molecule has 0 spiro atoms. The molecule has 9 N–H and O–H groups in total. The molecule has 1 aromatic carbocycles. The maximum Gasteiger partial charge on any atom is 0.573 e. The second-order valence-corrected chi connectivity index (χ2v) is 17.5. The van der Waals surface area contributed by atoms with Gasteiger partial charge in [-0.2, -0.15) is 15.0 Å². The van der Waals surface area contributed by atoms with Gasteiger partial charge in [-0.15, -0.1) is 13.2 Å². The van der Waals surface area contributed by atoms with Crippen LogP contribution in [0.3, 0.4) is 0 Å². The zero-order valence-electron chi connectivity index (χ0n) is 40.4. The summed E-state index contributed by atoms with van der Waals surface area (Å²) in [4.78, 5) is 35.7. The van der Waals surface area contributed by atoms with E-state index in [2.05, 4.69) is 71.8 Å². The van der Waals surface area contributed by atoms with E-state index in [1.54, 1.807) is 58.1 Å². The number of aryl methyl sites for hydroxylation is 2. The van der Waals surface area contributed by atoms with Crippen LogP contribution in [-0.2, 0) is 43.9 Å². The molecule has 0 aliphatic rings. The van der Waals surface area contributed by atoms with Crippen LogP contribution in [0, 0.1) is 12.7 Å². The molecule has 0 amide bonds. The number of hydrogen-bond acceptors (Lipinski definition) is 18. The lowest BCUT2D eigenvalue weighted by atomic mass is 10.1. The highest BCUT2D eigenvalue weighted by atomic mass is 19.4. The van der Waals surface area contributed by atoms with Gasteiger partial charge in [-0.1, -0.05) is 23.4 Å². The van der Waals surface area contributed by atoms with Crippen LogP contribution < -0.4 is 37.9 Å². The normalized spacial score (nSPS) is 11.8. The van der Waals surface area contributed by atoms with Crippen LogP contribution in [0.15, 0.2) is 102 Å². The van der Waals surface area contributed by atoms with Crippen molar-refractivity contribution in [2.45, 2.75) is 65.3 Å². The lowest BCUT2D eigenvalue weighted by Crippen LogP contribution is -2.18. The number of nitrogens with zero attached hydrogens (tertiary/aromatic N) is 12. The predicted octanol–water partition coefficient (Wildman–Crippen LogP) is 7.61. The van der Waals surface area contributed by atoms with E-state index in [9.17, 15) is 13.2 Å². The number of rotatable bonds is 22. The van der Waals surface area contributed by atoms with Crippen molar-refractivity contribution in [2.75, 3.05) is 52.8 Å². The Labute approximate surface area is 424 Å². The first-order valence-corrected chi connectivity index (χ1v) is 23.8. The second kappa shape index (κ2) is 21.5. The Kier molecular flexibility index (Phi) is 14.2. The third-order valence-corrected chi connectivity index (χ3v) is 12.0. The molecule has 9 aromatic heterocycles. The number of anilines is 6. The minimum Gasteiger partial charge on any atom is -0.405 e. The van der Waals surface area contributed by atoms with Crippen molar-refractivity contribution < 1.29 is 31.6 Å². The number of halogens is 4. The summed E-state index contributed by atoms with van der Waals surface area (Å²) < 4.78 is 75.7. The highest BCUT2D eigenvalue weighted by Gasteiger charge is 2.32. The minimum absolute atomic E-state index is 0.0705. The summed E-state index contributed by atoms with van der Waals surface area (Å²) in [6.07, 6.45) is 4.66. The molecule has 21 nitrogen and oxygen atoms in total. The Hall–Kier alpha value is -9.13. The van der Waals surface area contributed by atoms with E-state index >= 15 is 4.39 Å². The molecular weight excluding hydrogens is 977 g/mol. The lowest BCUT2D eigenvalue weighted by Gasteiger charge is -2.15. The Morgan fingerprint density at radius 2 is 1.27 bits per heavy atom. The van der Waals surface area contributed by atoms with Crippen molar-refractivity contribution >= 4 is 68.4 Å². The first-order valence-electron chi connectivity index (χ1n) is 23.8. The topological polar surface area (TPSA) is 277 Å². The molecule has 386 valence electrons. The molecule has 0 aliphatic carbocycles. The van der Waals surface area contributed by atoms with Gasteiger partial charge < -0.3 is 60.8 Å². The molecule has 75 heavy (non-hydrogen) atoms. The summed E-state index contributed by atoms with van der Waals surface area (Å²) in [5.41, 5.74) is 25.7. The molecule has 0 fully saturated rings. The van der Waals surface area contributed by atoms with Gasteiger partial charge in [-0.25, -0.2) is 19.3 Å². The number of benzene rings is 1. The fourth-order valence-corrected chi connectivity index (χ4v) is 8.76. The van der Waals surface area contributed by atoms with Gasteiger partial charge in [0.05, 0.1) is 60.8 Å². The zero-order chi connectivity index (χ0) is 52.1. The third kappa shape index (κ3) is 11.9. The van der Waals surface area contributed by atoms with Crippen molar-refractivity contribution in [3.63, 3.8) is 0 Å². The number of fused-ring (bicyclic) bond motifs is 3. The molecule has 0 saturated heterocycles. The Balaban J connectivity index is 0.724. The van der Waals surface area contributed by atoms with Gasteiger partial charge in [0.2, 0.25) is 17.8 Å². The van der Waals surface area contributed by atoms with Crippen LogP contribution in [-0.4, -0.2) is 84.8 Å². The van der Waals surface area contributed by atoms with Crippen molar-refractivity contribution in [3.05, 3.63) is 143 Å². The molecule has 0 unspecified atom stereocenters. The summed E-state index contributed by atoms with van der Waals surface area (Å²) in [7, 11) is 0. The van der Waals surface area contributed by atoms with Gasteiger partial charge in [-0.05, 0) is 80.3 Å². The van der Waals surface area contributed by atoms with E-state index in [0.717, 1.165) is 29.6 Å². The second-order valence-electron chi connectivity index (χ2n) is 17.5. The van der Waals surface area contributed by atoms with Gasteiger partial charge in [0.15, 0.2) is 17.5 Å². The average molecular weight is 1030 g/mol. The van der Waals surface area contributed by atoms with Crippen LogP contribution in [0.2, 0.25) is 0 Å². The molecule has 10 aromatic rings. The molecule has 0 aliphatic heterocycles. The van der Waals surface area contributed by atoms with Gasteiger partial charge >= 0.3 is 6.36 Å². The maximum atomic E-state index is 15.2. The predicted molar refractivity (Wildman–Crippen MR) is 273 cm³/mol. The van der Waals surface area contributed by atoms with Crippen molar-refractivity contribution in [1.82, 2.24) is 58.7 Å². The SMILES string of the molecule is Cc1cc(CNc2nc(N)nc3ccn(Cc4nc(COCCNc5nc(N)nc6ccn(Cc7ccnc(CCCCNc8nc(N)nc9ccn(Cc%10ccccc%10OC(F)(F)F)c89)c7)c56)ccc4F)c23)no1. The average Bonchev–Trinajstić information content (AvgIpc) is 4.19. The zero-order valence-corrected chi connectivity index (χ0v) is 40.4. The van der Waals surface area contributed by atoms with E-state index in [1.807, 2.05) is 35.9 Å². The summed E-state index contributed by atoms with van der Waals surface area (Å²) in [6.45, 7) is 4.15.